The third-order valence-corrected chi connectivity index (χ3v) is 10.9. The number of rotatable bonds is 14. The molecule has 0 bridgehead atoms. The summed E-state index contributed by atoms with van der Waals surface area (Å²) in [5.74, 6) is 1.07. The number of allylic oxidation sites excluding steroid dienone is 4. The first-order valence-corrected chi connectivity index (χ1v) is 21.5. The molecule has 3 saturated carbocycles. The fraction of sp³-hybridized carbons (Fsp3) is 0.583. The summed E-state index contributed by atoms with van der Waals surface area (Å²) in [5, 5.41) is 5.59. The van der Waals surface area contributed by atoms with E-state index in [9.17, 15) is 17.6 Å². The molecule has 3 fully saturated rings. The van der Waals surface area contributed by atoms with E-state index in [2.05, 4.69) is 86.6 Å². The van der Waals surface area contributed by atoms with Gasteiger partial charge in [0.25, 0.3) is 5.92 Å². The van der Waals surface area contributed by atoms with Crippen molar-refractivity contribution in [2.24, 2.45) is 17.8 Å². The molecule has 322 valence electrons. The number of hydrogen-bond donors (Lipinski definition) is 2. The quantitative estimate of drug-likeness (QED) is 0.0960. The van der Waals surface area contributed by atoms with E-state index in [-0.39, 0.29) is 17.3 Å². The molecule has 0 aliphatic heterocycles. The van der Waals surface area contributed by atoms with Crippen LogP contribution in [0.1, 0.15) is 167 Å². The summed E-state index contributed by atoms with van der Waals surface area (Å²) < 4.78 is 50.9. The highest BCUT2D eigenvalue weighted by Gasteiger charge is 2.32. The number of unbranched alkanes of at least 4 members (excludes halogenated alkanes) is 1. The summed E-state index contributed by atoms with van der Waals surface area (Å²) in [5.41, 5.74) is 7.38. The van der Waals surface area contributed by atoms with Crippen molar-refractivity contribution in [3.8, 4) is 11.4 Å². The monoisotopic (exact) mass is 809 g/mol. The van der Waals surface area contributed by atoms with Crippen molar-refractivity contribution in [1.29, 1.82) is 0 Å². The molecule has 0 amide bonds. The zero-order valence-electron chi connectivity index (χ0n) is 37.3. The van der Waals surface area contributed by atoms with Crippen molar-refractivity contribution >= 4 is 22.8 Å². The fourth-order valence-electron chi connectivity index (χ4n) is 6.04. The van der Waals surface area contributed by atoms with E-state index in [0.717, 1.165) is 78.0 Å². The van der Waals surface area contributed by atoms with E-state index in [4.69, 9.17) is 9.97 Å². The Hall–Kier alpha value is -4.08. The van der Waals surface area contributed by atoms with Gasteiger partial charge in [-0.15, -0.1) is 0 Å². The second-order valence-electron chi connectivity index (χ2n) is 15.7. The van der Waals surface area contributed by atoms with Crippen LogP contribution in [0.2, 0.25) is 0 Å². The van der Waals surface area contributed by atoms with Crippen LogP contribution < -0.4 is 10.6 Å². The molecule has 3 aliphatic rings. The van der Waals surface area contributed by atoms with Gasteiger partial charge in [-0.05, 0) is 112 Å². The minimum absolute atomic E-state index is 0.0512. The van der Waals surface area contributed by atoms with Crippen LogP contribution in [-0.2, 0) is 6.54 Å². The maximum Gasteiger partial charge on any atom is 0.314 e. The molecular formula is C48H72F4N6. The molecule has 2 aromatic heterocycles. The second-order valence-corrected chi connectivity index (χ2v) is 15.7. The molecular weight excluding hydrogens is 737 g/mol. The lowest BCUT2D eigenvalue weighted by Gasteiger charge is -2.27. The van der Waals surface area contributed by atoms with Gasteiger partial charge in [0.2, 0.25) is 0 Å². The Balaban J connectivity index is 0.000000453. The standard InChI is InChI=1S/C29H32F2N6.C7H14.C6H10F2.C4H10.C2H6/c1-16(2)22-11-8-19(12-17(22)3)14-32-24-13-23(18(4)20-6-5-7-20)35-28(36-24)25-26(21-9-10-21)33-15-34-27(25)37-29(30)31;1-3-6(2)7-4-5-7;1-4-5(2)6(3,7)8;1-3-4-2;1-2/h8,11-13,15,20-21,29H,1,4-7,9-10,14H2,2-3H3,(H,32,35,36)(H,33,34,37);6-7H,3-5H2,1-2H3;4H,1-3H3;3-4H2,1-2H3;1-2H3/b;;5-4+;;. The fourth-order valence-corrected chi connectivity index (χ4v) is 6.04. The van der Waals surface area contributed by atoms with Gasteiger partial charge < -0.3 is 10.6 Å². The summed E-state index contributed by atoms with van der Waals surface area (Å²) in [7, 11) is 0. The Kier molecular flexibility index (Phi) is 21.4. The smallest absolute Gasteiger partial charge is 0.314 e. The van der Waals surface area contributed by atoms with Crippen LogP contribution in [0.15, 0.2) is 55.4 Å². The van der Waals surface area contributed by atoms with Gasteiger partial charge in [-0.3, -0.25) is 0 Å². The highest BCUT2D eigenvalue weighted by atomic mass is 19.3. The summed E-state index contributed by atoms with van der Waals surface area (Å²) in [6.45, 7) is 27.1. The number of aryl methyl sites for hydroxylation is 1. The minimum Gasteiger partial charge on any atom is -0.366 e. The number of anilines is 2. The highest BCUT2D eigenvalue weighted by Crippen LogP contribution is 2.45. The van der Waals surface area contributed by atoms with Crippen molar-refractivity contribution in [3.05, 3.63) is 83.5 Å². The van der Waals surface area contributed by atoms with Crippen LogP contribution in [0.3, 0.4) is 0 Å². The lowest BCUT2D eigenvalue weighted by atomic mass is 9.79. The van der Waals surface area contributed by atoms with E-state index in [1.165, 1.54) is 57.9 Å². The maximum absolute atomic E-state index is 13.4. The molecule has 6 rings (SSSR count). The first-order chi connectivity index (χ1) is 27.5. The number of benzene rings is 1. The largest absolute Gasteiger partial charge is 0.366 e. The van der Waals surface area contributed by atoms with Gasteiger partial charge in [0.05, 0.1) is 17.0 Å². The molecule has 1 unspecified atom stereocenters. The first kappa shape index (κ1) is 50.1. The molecule has 1 atom stereocenters. The highest BCUT2D eigenvalue weighted by molar-refractivity contribution is 5.76. The first-order valence-electron chi connectivity index (χ1n) is 21.5. The Morgan fingerprint density at radius 2 is 1.59 bits per heavy atom. The Morgan fingerprint density at radius 1 is 0.948 bits per heavy atom. The normalized spacial score (nSPS) is 15.4. The number of hydrogen-bond acceptors (Lipinski definition) is 6. The molecule has 58 heavy (non-hydrogen) atoms. The van der Waals surface area contributed by atoms with Crippen LogP contribution in [-0.4, -0.2) is 32.4 Å². The van der Waals surface area contributed by atoms with Crippen molar-refractivity contribution in [2.45, 2.75) is 165 Å². The number of nitrogens with zero attached hydrogens (tertiary/aromatic N) is 4. The molecule has 3 aliphatic carbocycles. The zero-order valence-corrected chi connectivity index (χ0v) is 37.3. The van der Waals surface area contributed by atoms with Gasteiger partial charge in [0.1, 0.15) is 18.0 Å². The predicted octanol–water partition coefficient (Wildman–Crippen LogP) is 15.1. The van der Waals surface area contributed by atoms with Crippen molar-refractivity contribution < 1.29 is 17.6 Å². The molecule has 2 N–H and O–H groups in total. The maximum atomic E-state index is 13.4. The number of alkyl halides is 4. The van der Waals surface area contributed by atoms with Gasteiger partial charge in [0.15, 0.2) is 5.82 Å². The molecule has 0 spiro atoms. The minimum atomic E-state index is -2.77. The van der Waals surface area contributed by atoms with Crippen molar-refractivity contribution in [2.75, 3.05) is 10.6 Å². The average molecular weight is 809 g/mol. The van der Waals surface area contributed by atoms with Crippen LogP contribution in [0.4, 0.5) is 29.2 Å². The lowest BCUT2D eigenvalue weighted by molar-refractivity contribution is 0.0633. The number of nitrogens with one attached hydrogen (secondary N) is 2. The topological polar surface area (TPSA) is 75.6 Å². The Bertz CT molecular complexity index is 1750. The number of halogens is 4. The van der Waals surface area contributed by atoms with E-state index in [1.54, 1.807) is 6.92 Å². The van der Waals surface area contributed by atoms with E-state index < -0.39 is 12.5 Å². The van der Waals surface area contributed by atoms with E-state index in [0.29, 0.717) is 35.4 Å². The molecule has 6 nitrogen and oxygen atoms in total. The van der Waals surface area contributed by atoms with Gasteiger partial charge in [0, 0.05) is 25.5 Å². The van der Waals surface area contributed by atoms with Crippen molar-refractivity contribution in [1.82, 2.24) is 19.9 Å². The van der Waals surface area contributed by atoms with E-state index >= 15 is 0 Å². The molecule has 10 heteroatoms. The lowest BCUT2D eigenvalue weighted by Crippen LogP contribution is -2.15. The third kappa shape index (κ3) is 16.3. The van der Waals surface area contributed by atoms with Crippen molar-refractivity contribution in [3.63, 3.8) is 0 Å². The Labute approximate surface area is 348 Å². The van der Waals surface area contributed by atoms with Crippen LogP contribution >= 0.6 is 0 Å². The van der Waals surface area contributed by atoms with Gasteiger partial charge in [-0.25, -0.2) is 28.7 Å². The molecule has 0 radical (unpaired) electrons. The second kappa shape index (κ2) is 24.8. The predicted molar refractivity (Wildman–Crippen MR) is 238 cm³/mol. The molecule has 3 aromatic rings. The molecule has 2 heterocycles. The van der Waals surface area contributed by atoms with Gasteiger partial charge in [-0.1, -0.05) is 110 Å². The zero-order chi connectivity index (χ0) is 43.6. The van der Waals surface area contributed by atoms with E-state index in [1.807, 2.05) is 26.8 Å². The SMILES string of the molecule is C/C=C(\C)C(C)(F)F.C=C(C)c1ccc(CNc2cc(C(=C)C3CCC3)nc(-c3c(NC(F)F)ncnc3C3CC3)n2)cc1C.CC.CCC(C)C1CC1.CCCC. The summed E-state index contributed by atoms with van der Waals surface area (Å²) in [4.78, 5) is 18.2. The molecule has 0 saturated heterocycles. The average Bonchev–Trinajstić information content (AvgIpc) is 4.11. The van der Waals surface area contributed by atoms with Gasteiger partial charge >= 0.3 is 6.55 Å². The van der Waals surface area contributed by atoms with Gasteiger partial charge in [-0.2, -0.15) is 8.78 Å². The van der Waals surface area contributed by atoms with Crippen LogP contribution in [0.25, 0.3) is 22.5 Å². The Morgan fingerprint density at radius 3 is 2.00 bits per heavy atom. The molecule has 1 aromatic carbocycles. The van der Waals surface area contributed by atoms with Crippen LogP contribution in [0.5, 0.6) is 0 Å². The summed E-state index contributed by atoms with van der Waals surface area (Å²) in [6.07, 6.45) is 15.0. The third-order valence-electron chi connectivity index (χ3n) is 10.9. The summed E-state index contributed by atoms with van der Waals surface area (Å²) >= 11 is 0. The number of aromatic nitrogens is 4. The van der Waals surface area contributed by atoms with Crippen LogP contribution in [0, 0.1) is 24.7 Å². The summed E-state index contributed by atoms with van der Waals surface area (Å²) in [6, 6.07) is 8.19.